The minimum Gasteiger partial charge on any atom is -0.466 e. The third-order valence-corrected chi connectivity index (χ3v) is 2.42. The zero-order valence-electron chi connectivity index (χ0n) is 11.0. The molecule has 0 aromatic carbocycles. The van der Waals surface area contributed by atoms with Crippen molar-refractivity contribution in [3.05, 3.63) is 23.4 Å². The lowest BCUT2D eigenvalue weighted by Crippen LogP contribution is -2.18. The van der Waals surface area contributed by atoms with Crippen LogP contribution in [-0.2, 0) is 16.0 Å². The summed E-state index contributed by atoms with van der Waals surface area (Å²) in [6.45, 7) is 5.03. The van der Waals surface area contributed by atoms with Gasteiger partial charge in [0.1, 0.15) is 0 Å². The number of hydrogen-bond donors (Lipinski definition) is 1. The van der Waals surface area contributed by atoms with Crippen molar-refractivity contribution in [2.75, 3.05) is 20.2 Å². The van der Waals surface area contributed by atoms with Crippen molar-refractivity contribution >= 4 is 5.97 Å². The lowest BCUT2D eigenvalue weighted by molar-refractivity contribution is -0.136. The summed E-state index contributed by atoms with van der Waals surface area (Å²) in [6.07, 6.45) is 3.20. The number of aromatic nitrogens is 2. The maximum atomic E-state index is 11.3. The number of ether oxygens (including phenoxy) is 1. The number of carbonyl (C=O) groups is 1. The topological polar surface area (TPSA) is 77.3 Å². The Morgan fingerprint density at radius 3 is 2.89 bits per heavy atom. The second-order valence-electron chi connectivity index (χ2n) is 3.76. The van der Waals surface area contributed by atoms with Crippen molar-refractivity contribution in [2.45, 2.75) is 26.7 Å². The third kappa shape index (κ3) is 4.67. The van der Waals surface area contributed by atoms with Crippen LogP contribution >= 0.6 is 0 Å². The number of nitrogens with one attached hydrogen (secondary N) is 1. The van der Waals surface area contributed by atoms with E-state index in [1.807, 2.05) is 13.0 Å². The van der Waals surface area contributed by atoms with Gasteiger partial charge in [-0.1, -0.05) is 18.2 Å². The molecule has 6 nitrogen and oxygen atoms in total. The van der Waals surface area contributed by atoms with Crippen molar-refractivity contribution < 1.29 is 14.1 Å². The first-order chi connectivity index (χ1) is 8.67. The highest BCUT2D eigenvalue weighted by Crippen LogP contribution is 2.01. The molecule has 0 saturated carbocycles. The first kappa shape index (κ1) is 14.4. The molecular formula is C12H19N3O3. The van der Waals surface area contributed by atoms with Crippen LogP contribution in [0.2, 0.25) is 0 Å². The average Bonchev–Trinajstić information content (AvgIpc) is 2.78. The molecule has 1 rings (SSSR count). The van der Waals surface area contributed by atoms with Gasteiger partial charge in [-0.15, -0.1) is 0 Å². The van der Waals surface area contributed by atoms with Gasteiger partial charge in [-0.05, 0) is 6.42 Å². The molecule has 0 aliphatic carbocycles. The molecule has 0 radical (unpaired) electrons. The Kier molecular flexibility index (Phi) is 6.07. The Bertz CT molecular complexity index is 412. The number of carbonyl (C=O) groups excluding carboxylic acids is 1. The van der Waals surface area contributed by atoms with Crippen LogP contribution < -0.4 is 5.32 Å². The molecule has 0 saturated heterocycles. The fraction of sp³-hybridized carbons (Fsp3) is 0.583. The summed E-state index contributed by atoms with van der Waals surface area (Å²) in [5.41, 5.74) is 0.681. The first-order valence-electron chi connectivity index (χ1n) is 5.94. The lowest BCUT2D eigenvalue weighted by Gasteiger charge is -2.03. The van der Waals surface area contributed by atoms with Crippen molar-refractivity contribution in [2.24, 2.45) is 0 Å². The van der Waals surface area contributed by atoms with Crippen molar-refractivity contribution in [3.8, 4) is 0 Å². The van der Waals surface area contributed by atoms with Gasteiger partial charge >= 0.3 is 5.97 Å². The normalized spacial score (nSPS) is 11.6. The van der Waals surface area contributed by atoms with E-state index < -0.39 is 0 Å². The summed E-state index contributed by atoms with van der Waals surface area (Å²) in [5, 5.41) is 6.97. The van der Waals surface area contributed by atoms with E-state index in [9.17, 15) is 4.79 Å². The minimum absolute atomic E-state index is 0.270. The molecule has 1 heterocycles. The van der Waals surface area contributed by atoms with Crippen LogP contribution in [0.25, 0.3) is 0 Å². The van der Waals surface area contributed by atoms with Crippen LogP contribution in [0.15, 0.2) is 16.2 Å². The predicted molar refractivity (Wildman–Crippen MR) is 66.0 cm³/mol. The molecule has 0 unspecified atom stereocenters. The van der Waals surface area contributed by atoms with Gasteiger partial charge in [-0.25, -0.2) is 4.79 Å². The molecule has 0 aliphatic rings. The van der Waals surface area contributed by atoms with Crippen LogP contribution in [0.5, 0.6) is 0 Å². The Hall–Kier alpha value is -1.69. The molecule has 0 spiro atoms. The fourth-order valence-corrected chi connectivity index (χ4v) is 1.44. The molecule has 1 aromatic heterocycles. The molecule has 1 aromatic rings. The standard InChI is InChI=1S/C12H19N3O3/c1-4-10(12(16)17-3)5-7-13-8-6-11-14-9(2)18-15-11/h5,13H,4,6-8H2,1-3H3. The van der Waals surface area contributed by atoms with Gasteiger partial charge < -0.3 is 14.6 Å². The number of nitrogens with zero attached hydrogens (tertiary/aromatic N) is 2. The van der Waals surface area contributed by atoms with E-state index in [1.54, 1.807) is 6.92 Å². The number of hydrogen-bond acceptors (Lipinski definition) is 6. The van der Waals surface area contributed by atoms with E-state index >= 15 is 0 Å². The summed E-state index contributed by atoms with van der Waals surface area (Å²) in [5.74, 6) is 0.990. The quantitative estimate of drug-likeness (QED) is 0.444. The largest absolute Gasteiger partial charge is 0.466 e. The van der Waals surface area contributed by atoms with E-state index in [0.717, 1.165) is 6.54 Å². The zero-order valence-corrected chi connectivity index (χ0v) is 11.0. The second-order valence-corrected chi connectivity index (χ2v) is 3.76. The maximum absolute atomic E-state index is 11.3. The monoisotopic (exact) mass is 253 g/mol. The molecule has 6 heteroatoms. The second kappa shape index (κ2) is 7.60. The van der Waals surface area contributed by atoms with Gasteiger partial charge in [-0.3, -0.25) is 0 Å². The molecule has 18 heavy (non-hydrogen) atoms. The van der Waals surface area contributed by atoms with E-state index in [1.165, 1.54) is 7.11 Å². The summed E-state index contributed by atoms with van der Waals surface area (Å²) in [6, 6.07) is 0. The summed E-state index contributed by atoms with van der Waals surface area (Å²) >= 11 is 0. The molecule has 0 amide bonds. The van der Waals surface area contributed by atoms with Gasteiger partial charge in [0.05, 0.1) is 7.11 Å². The van der Waals surface area contributed by atoms with Gasteiger partial charge in [0.2, 0.25) is 5.89 Å². The average molecular weight is 253 g/mol. The van der Waals surface area contributed by atoms with Crippen LogP contribution in [-0.4, -0.2) is 36.3 Å². The van der Waals surface area contributed by atoms with Gasteiger partial charge in [0.25, 0.3) is 0 Å². The summed E-state index contributed by atoms with van der Waals surface area (Å²) < 4.78 is 9.53. The molecule has 0 atom stereocenters. The van der Waals surface area contributed by atoms with E-state index in [2.05, 4.69) is 20.2 Å². The highest BCUT2D eigenvalue weighted by molar-refractivity contribution is 5.88. The molecule has 0 aliphatic heterocycles. The van der Waals surface area contributed by atoms with Crippen molar-refractivity contribution in [1.29, 1.82) is 0 Å². The molecule has 100 valence electrons. The number of esters is 1. The maximum Gasteiger partial charge on any atom is 0.333 e. The van der Waals surface area contributed by atoms with Crippen molar-refractivity contribution in [1.82, 2.24) is 15.5 Å². The van der Waals surface area contributed by atoms with Crippen LogP contribution in [0, 0.1) is 6.92 Å². The highest BCUT2D eigenvalue weighted by Gasteiger charge is 2.05. The van der Waals surface area contributed by atoms with Crippen molar-refractivity contribution in [3.63, 3.8) is 0 Å². The number of methoxy groups -OCH3 is 1. The zero-order chi connectivity index (χ0) is 13.4. The molecule has 0 fully saturated rings. The molecule has 1 N–H and O–H groups in total. The van der Waals surface area contributed by atoms with E-state index in [-0.39, 0.29) is 5.97 Å². The number of rotatable bonds is 7. The van der Waals surface area contributed by atoms with E-state index in [4.69, 9.17) is 4.52 Å². The Labute approximate surface area is 106 Å². The Morgan fingerprint density at radius 2 is 2.33 bits per heavy atom. The number of aryl methyl sites for hydroxylation is 1. The lowest BCUT2D eigenvalue weighted by atomic mass is 10.2. The molecule has 0 bridgehead atoms. The summed E-state index contributed by atoms with van der Waals surface area (Å²) in [7, 11) is 1.39. The smallest absolute Gasteiger partial charge is 0.333 e. The molecular weight excluding hydrogens is 234 g/mol. The first-order valence-corrected chi connectivity index (χ1v) is 5.94. The SMILES string of the molecule is CCC(=CCNCCc1noc(C)n1)C(=O)OC. The van der Waals surface area contributed by atoms with Crippen LogP contribution in [0.1, 0.15) is 25.1 Å². The predicted octanol–water partition coefficient (Wildman–Crippen LogP) is 1.02. The van der Waals surface area contributed by atoms with E-state index in [0.29, 0.717) is 36.7 Å². The Balaban J connectivity index is 2.25. The van der Waals surface area contributed by atoms with Gasteiger partial charge in [0.15, 0.2) is 5.82 Å². The van der Waals surface area contributed by atoms with Gasteiger partial charge in [-0.2, -0.15) is 4.98 Å². The summed E-state index contributed by atoms with van der Waals surface area (Å²) in [4.78, 5) is 15.4. The van der Waals surface area contributed by atoms with Gasteiger partial charge in [0, 0.05) is 32.0 Å². The third-order valence-electron chi connectivity index (χ3n) is 2.42. The fourth-order valence-electron chi connectivity index (χ4n) is 1.44. The minimum atomic E-state index is -0.270. The van der Waals surface area contributed by atoms with Crippen LogP contribution in [0.3, 0.4) is 0 Å². The Morgan fingerprint density at radius 1 is 1.56 bits per heavy atom. The van der Waals surface area contributed by atoms with Crippen LogP contribution in [0.4, 0.5) is 0 Å². The highest BCUT2D eigenvalue weighted by atomic mass is 16.5.